The molecule has 0 radical (unpaired) electrons. The van der Waals surface area contributed by atoms with Gasteiger partial charge in [-0.1, -0.05) is 71.3 Å². The van der Waals surface area contributed by atoms with Gasteiger partial charge in [0, 0.05) is 24.7 Å². The molecule has 0 aromatic carbocycles. The number of carbonyl (C=O) groups is 2. The molecule has 1 saturated carbocycles. The van der Waals surface area contributed by atoms with E-state index in [4.69, 9.17) is 4.43 Å². The highest BCUT2D eigenvalue weighted by Gasteiger charge is 2.40. The van der Waals surface area contributed by atoms with Crippen LogP contribution in [0, 0.1) is 11.8 Å². The molecule has 0 saturated heterocycles. The molecule has 1 aliphatic rings. The zero-order chi connectivity index (χ0) is 25.1. The second-order valence-corrected chi connectivity index (χ2v) is 15.7. The molecule has 0 aromatic rings. The van der Waals surface area contributed by atoms with E-state index in [0.29, 0.717) is 12.8 Å². The maximum Gasteiger partial charge on any atom is 0.305 e. The van der Waals surface area contributed by atoms with E-state index in [-0.39, 0.29) is 41.2 Å². The van der Waals surface area contributed by atoms with Crippen molar-refractivity contribution >= 4 is 20.1 Å². The van der Waals surface area contributed by atoms with Crippen LogP contribution in [0.5, 0.6) is 0 Å². The Labute approximate surface area is 203 Å². The number of methoxy groups -OCH3 is 1. The summed E-state index contributed by atoms with van der Waals surface area (Å²) in [5, 5.41) is 10.6. The molecular weight excluding hydrogens is 432 g/mol. The third kappa shape index (κ3) is 10.3. The van der Waals surface area contributed by atoms with Crippen LogP contribution in [0.15, 0.2) is 24.3 Å². The summed E-state index contributed by atoms with van der Waals surface area (Å²) in [5.74, 6) is -0.451. The topological polar surface area (TPSA) is 72.8 Å². The number of hydrogen-bond donors (Lipinski definition) is 1. The monoisotopic (exact) mass is 480 g/mol. The summed E-state index contributed by atoms with van der Waals surface area (Å²) in [6.45, 7) is 13.5. The molecule has 190 valence electrons. The average Bonchev–Trinajstić information content (AvgIpc) is 2.99. The van der Waals surface area contributed by atoms with Crippen LogP contribution in [0.4, 0.5) is 0 Å². The number of rotatable bonds is 14. The molecule has 0 aromatic heterocycles. The van der Waals surface area contributed by atoms with Crippen LogP contribution in [0.2, 0.25) is 18.1 Å². The number of hydrogen-bond acceptors (Lipinski definition) is 5. The normalized spacial score (nSPS) is 23.0. The summed E-state index contributed by atoms with van der Waals surface area (Å²) in [5.41, 5.74) is 0. The minimum atomic E-state index is -1.93. The van der Waals surface area contributed by atoms with Gasteiger partial charge in [-0.3, -0.25) is 9.59 Å². The average molecular weight is 481 g/mol. The second-order valence-electron chi connectivity index (χ2n) is 10.9. The number of ether oxygens (including phenoxy) is 1. The summed E-state index contributed by atoms with van der Waals surface area (Å²) in [6, 6.07) is 0. The highest BCUT2D eigenvalue weighted by molar-refractivity contribution is 6.74. The maximum absolute atomic E-state index is 12.6. The van der Waals surface area contributed by atoms with E-state index < -0.39 is 14.4 Å². The van der Waals surface area contributed by atoms with E-state index in [1.807, 2.05) is 18.2 Å². The number of aliphatic hydroxyl groups is 1. The van der Waals surface area contributed by atoms with E-state index in [9.17, 15) is 14.7 Å². The minimum Gasteiger partial charge on any atom is -0.469 e. The molecule has 1 N–H and O–H groups in total. The fraction of sp³-hybridized carbons (Fsp3) is 0.778. The van der Waals surface area contributed by atoms with Crippen molar-refractivity contribution in [3.05, 3.63) is 24.3 Å². The second kappa shape index (κ2) is 14.2. The third-order valence-corrected chi connectivity index (χ3v) is 11.7. The van der Waals surface area contributed by atoms with Crippen molar-refractivity contribution in [2.45, 2.75) is 116 Å². The Hall–Kier alpha value is -1.24. The Kier molecular flexibility index (Phi) is 12.8. The summed E-state index contributed by atoms with van der Waals surface area (Å²) in [4.78, 5) is 23.8. The molecule has 0 spiro atoms. The summed E-state index contributed by atoms with van der Waals surface area (Å²) in [6.07, 6.45) is 14.8. The van der Waals surface area contributed by atoms with E-state index in [1.54, 1.807) is 0 Å². The Morgan fingerprint density at radius 1 is 1.21 bits per heavy atom. The number of Topliss-reactive ketones (excluding diaryl/α,β-unsaturated/α-hetero) is 1. The molecule has 0 amide bonds. The predicted octanol–water partition coefficient (Wildman–Crippen LogP) is 6.37. The van der Waals surface area contributed by atoms with E-state index in [1.165, 1.54) is 13.5 Å². The molecule has 0 heterocycles. The molecule has 1 aliphatic carbocycles. The lowest BCUT2D eigenvalue weighted by molar-refractivity contribution is -0.140. The van der Waals surface area contributed by atoms with Gasteiger partial charge in [-0.2, -0.15) is 0 Å². The quantitative estimate of drug-likeness (QED) is 0.135. The fourth-order valence-electron chi connectivity index (χ4n) is 3.95. The molecular formula is C27H48O5Si. The molecule has 0 aliphatic heterocycles. The molecule has 5 nitrogen and oxygen atoms in total. The Morgan fingerprint density at radius 3 is 2.52 bits per heavy atom. The molecule has 6 heteroatoms. The van der Waals surface area contributed by atoms with E-state index in [2.05, 4.69) is 51.6 Å². The molecule has 33 heavy (non-hydrogen) atoms. The molecule has 1 fully saturated rings. The standard InChI is InChI=1S/C27H48O5Si/c1-8-9-12-15-21(32-33(6,7)27(2,3)4)18-19-23-22(24(28)20-25(23)29)16-13-10-11-14-17-26(30)31-5/h10,13,18-19,21-24,28H,8-9,11-12,14-17,20H2,1-7H3/b13-10-,19-18+/t21-,22+,23+,24-/m0/s1. The van der Waals surface area contributed by atoms with Crippen molar-refractivity contribution < 1.29 is 23.9 Å². The lowest BCUT2D eigenvalue weighted by atomic mass is 9.90. The molecule has 0 bridgehead atoms. The van der Waals surface area contributed by atoms with Crippen molar-refractivity contribution in [2.75, 3.05) is 7.11 Å². The third-order valence-electron chi connectivity index (χ3n) is 7.17. The van der Waals surface area contributed by atoms with Crippen molar-refractivity contribution in [3.8, 4) is 0 Å². The van der Waals surface area contributed by atoms with Crippen LogP contribution in [0.25, 0.3) is 0 Å². The number of aliphatic hydroxyl groups excluding tert-OH is 1. The number of esters is 1. The Balaban J connectivity index is 2.81. The summed E-state index contributed by atoms with van der Waals surface area (Å²) < 4.78 is 11.3. The van der Waals surface area contributed by atoms with Crippen molar-refractivity contribution in [1.82, 2.24) is 0 Å². The van der Waals surface area contributed by atoms with Crippen molar-refractivity contribution in [2.24, 2.45) is 11.8 Å². The van der Waals surface area contributed by atoms with Gasteiger partial charge < -0.3 is 14.3 Å². The van der Waals surface area contributed by atoms with Crippen molar-refractivity contribution in [1.29, 1.82) is 0 Å². The highest BCUT2D eigenvalue weighted by atomic mass is 28.4. The summed E-state index contributed by atoms with van der Waals surface area (Å²) >= 11 is 0. The van der Waals surface area contributed by atoms with E-state index >= 15 is 0 Å². The minimum absolute atomic E-state index is 0.0116. The van der Waals surface area contributed by atoms with Gasteiger partial charge in [0.15, 0.2) is 8.32 Å². The maximum atomic E-state index is 12.6. The zero-order valence-electron chi connectivity index (χ0n) is 22.1. The predicted molar refractivity (Wildman–Crippen MR) is 138 cm³/mol. The lowest BCUT2D eigenvalue weighted by Gasteiger charge is -2.38. The number of ketones is 1. The van der Waals surface area contributed by atoms with Gasteiger partial charge in [0.2, 0.25) is 0 Å². The van der Waals surface area contributed by atoms with Crippen LogP contribution in [-0.4, -0.2) is 44.5 Å². The largest absolute Gasteiger partial charge is 0.469 e. The highest BCUT2D eigenvalue weighted by Crippen LogP contribution is 2.38. The zero-order valence-corrected chi connectivity index (χ0v) is 23.1. The van der Waals surface area contributed by atoms with Crippen LogP contribution >= 0.6 is 0 Å². The Morgan fingerprint density at radius 2 is 1.91 bits per heavy atom. The first-order valence-corrected chi connectivity index (χ1v) is 15.6. The first-order valence-electron chi connectivity index (χ1n) is 12.7. The smallest absolute Gasteiger partial charge is 0.305 e. The van der Waals surface area contributed by atoms with Gasteiger partial charge >= 0.3 is 5.97 Å². The van der Waals surface area contributed by atoms with Crippen LogP contribution < -0.4 is 0 Å². The number of unbranched alkanes of at least 4 members (excludes halogenated alkanes) is 3. The number of carbonyl (C=O) groups excluding carboxylic acids is 2. The Bertz CT molecular complexity index is 662. The van der Waals surface area contributed by atoms with Crippen LogP contribution in [0.1, 0.15) is 85.5 Å². The first kappa shape index (κ1) is 29.8. The molecule has 0 unspecified atom stereocenters. The SMILES string of the molecule is CCCCC[C@@H](/C=C/[C@H]1C(=O)C[C@H](O)[C@@H]1C/C=C\CCCC(=O)OC)O[Si](C)(C)C(C)(C)C. The van der Waals surface area contributed by atoms with Crippen molar-refractivity contribution in [3.63, 3.8) is 0 Å². The first-order chi connectivity index (χ1) is 15.4. The van der Waals surface area contributed by atoms with Gasteiger partial charge in [0.25, 0.3) is 0 Å². The summed E-state index contributed by atoms with van der Waals surface area (Å²) in [7, 11) is -0.528. The van der Waals surface area contributed by atoms with Gasteiger partial charge in [0.05, 0.1) is 19.3 Å². The fourth-order valence-corrected chi connectivity index (χ4v) is 5.26. The lowest BCUT2D eigenvalue weighted by Crippen LogP contribution is -2.43. The van der Waals surface area contributed by atoms with Gasteiger partial charge in [-0.15, -0.1) is 0 Å². The number of allylic oxidation sites excluding steroid dienone is 3. The van der Waals surface area contributed by atoms with Gasteiger partial charge in [0.1, 0.15) is 5.78 Å². The van der Waals surface area contributed by atoms with Gasteiger partial charge in [-0.05, 0) is 43.8 Å². The van der Waals surface area contributed by atoms with Crippen LogP contribution in [0.3, 0.4) is 0 Å². The van der Waals surface area contributed by atoms with Crippen LogP contribution in [-0.2, 0) is 18.8 Å². The van der Waals surface area contributed by atoms with Gasteiger partial charge in [-0.25, -0.2) is 0 Å². The molecule has 1 rings (SSSR count). The van der Waals surface area contributed by atoms with E-state index in [0.717, 1.165) is 32.1 Å². The molecule has 4 atom stereocenters.